The highest BCUT2D eigenvalue weighted by Gasteiger charge is 2.48. The van der Waals surface area contributed by atoms with E-state index in [1.807, 2.05) is 49.4 Å². The number of aromatic nitrogens is 1. The van der Waals surface area contributed by atoms with Crippen molar-refractivity contribution in [2.24, 2.45) is 0 Å². The fourth-order valence-electron chi connectivity index (χ4n) is 4.49. The van der Waals surface area contributed by atoms with Gasteiger partial charge in [-0.25, -0.2) is 0 Å². The molecule has 0 bridgehead atoms. The number of ether oxygens (including phenoxy) is 1. The number of Topliss-reactive ketones (excluding diaryl/α,β-unsaturated/α-hetero) is 1. The van der Waals surface area contributed by atoms with Gasteiger partial charge in [0.05, 0.1) is 24.1 Å². The van der Waals surface area contributed by atoms with Crippen LogP contribution in [0.4, 0.5) is 5.69 Å². The molecule has 0 spiro atoms. The minimum Gasteiger partial charge on any atom is -0.507 e. The molecule has 6 heteroatoms. The molecular weight excluding hydrogens is 428 g/mol. The Balaban J connectivity index is 1.77. The maximum absolute atomic E-state index is 13.4. The van der Waals surface area contributed by atoms with Crippen molar-refractivity contribution in [1.29, 1.82) is 0 Å². The Morgan fingerprint density at radius 2 is 1.74 bits per heavy atom. The molecule has 1 aliphatic heterocycles. The predicted molar refractivity (Wildman–Crippen MR) is 131 cm³/mol. The van der Waals surface area contributed by atoms with E-state index in [1.165, 1.54) is 4.90 Å². The molecule has 1 atom stereocenters. The number of rotatable bonds is 4. The average Bonchev–Trinajstić information content (AvgIpc) is 3.14. The van der Waals surface area contributed by atoms with Gasteiger partial charge in [0.15, 0.2) is 0 Å². The molecule has 4 aromatic rings. The van der Waals surface area contributed by atoms with Crippen LogP contribution in [0, 0.1) is 6.92 Å². The largest absolute Gasteiger partial charge is 0.507 e. The van der Waals surface area contributed by atoms with E-state index in [4.69, 9.17) is 4.74 Å². The third kappa shape index (κ3) is 3.40. The van der Waals surface area contributed by atoms with Crippen molar-refractivity contribution in [3.05, 3.63) is 107 Å². The second-order valence-corrected chi connectivity index (χ2v) is 8.10. The maximum atomic E-state index is 13.4. The molecule has 168 valence electrons. The molecule has 1 unspecified atom stereocenters. The van der Waals surface area contributed by atoms with Gasteiger partial charge in [-0.1, -0.05) is 42.5 Å². The van der Waals surface area contributed by atoms with Crippen LogP contribution < -0.4 is 9.64 Å². The summed E-state index contributed by atoms with van der Waals surface area (Å²) in [5, 5.41) is 13.1. The Bertz CT molecular complexity index is 1450. The first-order chi connectivity index (χ1) is 16.5. The number of benzene rings is 3. The van der Waals surface area contributed by atoms with Crippen LogP contribution in [0.2, 0.25) is 0 Å². The summed E-state index contributed by atoms with van der Waals surface area (Å²) in [4.78, 5) is 32.7. The quantitative estimate of drug-likeness (QED) is 0.263. The van der Waals surface area contributed by atoms with Crippen LogP contribution in [0.3, 0.4) is 0 Å². The van der Waals surface area contributed by atoms with E-state index in [9.17, 15) is 14.7 Å². The maximum Gasteiger partial charge on any atom is 0.300 e. The van der Waals surface area contributed by atoms with Crippen LogP contribution in [0.25, 0.3) is 16.5 Å². The minimum atomic E-state index is -0.881. The third-order valence-corrected chi connectivity index (χ3v) is 6.13. The number of fused-ring (bicyclic) bond motifs is 1. The second-order valence-electron chi connectivity index (χ2n) is 8.10. The van der Waals surface area contributed by atoms with Gasteiger partial charge in [0.25, 0.3) is 11.7 Å². The molecule has 34 heavy (non-hydrogen) atoms. The van der Waals surface area contributed by atoms with Crippen molar-refractivity contribution < 1.29 is 19.4 Å². The van der Waals surface area contributed by atoms with E-state index in [-0.39, 0.29) is 11.3 Å². The van der Waals surface area contributed by atoms with Gasteiger partial charge in [0.2, 0.25) is 0 Å². The topological polar surface area (TPSA) is 79.7 Å². The lowest BCUT2D eigenvalue weighted by Crippen LogP contribution is -2.30. The standard InChI is InChI=1S/C28H22N2O4/c1-17-16-19(34-2)13-14-20(17)26(31)24-25(22-11-5-6-15-29-22)30(28(33)27(24)32)23-12-7-9-18-8-3-4-10-21(18)23/h3-16,25,31H,1-2H3/b26-24+. The van der Waals surface area contributed by atoms with E-state index in [0.29, 0.717) is 28.3 Å². The van der Waals surface area contributed by atoms with Gasteiger partial charge >= 0.3 is 0 Å². The van der Waals surface area contributed by atoms with Crippen LogP contribution in [0.5, 0.6) is 5.75 Å². The number of anilines is 1. The fourth-order valence-corrected chi connectivity index (χ4v) is 4.49. The summed E-state index contributed by atoms with van der Waals surface area (Å²) in [7, 11) is 1.56. The van der Waals surface area contributed by atoms with Gasteiger partial charge in [-0.3, -0.25) is 19.5 Å². The first kappa shape index (κ1) is 21.4. The number of aryl methyl sites for hydroxylation is 1. The molecule has 1 aromatic heterocycles. The number of carbonyl (C=O) groups excluding carboxylic acids is 2. The van der Waals surface area contributed by atoms with E-state index in [1.54, 1.807) is 49.7 Å². The van der Waals surface area contributed by atoms with Crippen LogP contribution in [-0.2, 0) is 9.59 Å². The number of ketones is 1. The highest BCUT2D eigenvalue weighted by atomic mass is 16.5. The van der Waals surface area contributed by atoms with Crippen LogP contribution in [0.1, 0.15) is 22.9 Å². The van der Waals surface area contributed by atoms with Gasteiger partial charge in [-0.05, 0) is 54.3 Å². The van der Waals surface area contributed by atoms with Crippen LogP contribution >= 0.6 is 0 Å². The zero-order chi connectivity index (χ0) is 23.8. The summed E-state index contributed by atoms with van der Waals surface area (Å²) in [6, 6.07) is 22.9. The Kier molecular flexibility index (Phi) is 5.34. The lowest BCUT2D eigenvalue weighted by atomic mass is 9.96. The number of pyridine rings is 1. The van der Waals surface area contributed by atoms with Gasteiger partial charge in [-0.2, -0.15) is 0 Å². The molecule has 1 aliphatic rings. The Hall–Kier alpha value is -4.45. The SMILES string of the molecule is COc1ccc(/C(O)=C2\C(=O)C(=O)N(c3cccc4ccccc34)C2c2ccccn2)c(C)c1. The molecule has 1 saturated heterocycles. The first-order valence-electron chi connectivity index (χ1n) is 10.9. The van der Waals surface area contributed by atoms with Gasteiger partial charge in [0, 0.05) is 17.1 Å². The molecule has 0 aliphatic carbocycles. The molecule has 0 radical (unpaired) electrons. The fraction of sp³-hybridized carbons (Fsp3) is 0.107. The van der Waals surface area contributed by atoms with Gasteiger partial charge in [0.1, 0.15) is 17.6 Å². The normalized spacial score (nSPS) is 17.4. The molecule has 1 N–H and O–H groups in total. The number of hydrogen-bond acceptors (Lipinski definition) is 5. The number of aliphatic hydroxyl groups is 1. The average molecular weight is 450 g/mol. The van der Waals surface area contributed by atoms with Crippen molar-refractivity contribution in [3.63, 3.8) is 0 Å². The van der Waals surface area contributed by atoms with E-state index < -0.39 is 17.7 Å². The molecule has 6 nitrogen and oxygen atoms in total. The molecule has 2 heterocycles. The van der Waals surface area contributed by atoms with Crippen molar-refractivity contribution in [2.75, 3.05) is 12.0 Å². The van der Waals surface area contributed by atoms with Crippen molar-refractivity contribution >= 4 is 33.9 Å². The second kappa shape index (κ2) is 8.48. The van der Waals surface area contributed by atoms with E-state index in [0.717, 1.165) is 10.8 Å². The third-order valence-electron chi connectivity index (χ3n) is 6.13. The summed E-state index contributed by atoms with van der Waals surface area (Å²) in [5.41, 5.74) is 2.25. The first-order valence-corrected chi connectivity index (χ1v) is 10.9. The summed E-state index contributed by atoms with van der Waals surface area (Å²) in [6.45, 7) is 1.81. The Morgan fingerprint density at radius 1 is 0.971 bits per heavy atom. The van der Waals surface area contributed by atoms with Crippen molar-refractivity contribution in [1.82, 2.24) is 4.98 Å². The molecular formula is C28H22N2O4. The highest BCUT2D eigenvalue weighted by Crippen LogP contribution is 2.43. The molecule has 3 aromatic carbocycles. The number of nitrogens with zero attached hydrogens (tertiary/aromatic N) is 2. The number of hydrogen-bond donors (Lipinski definition) is 1. The van der Waals surface area contributed by atoms with Gasteiger partial charge in [-0.15, -0.1) is 0 Å². The summed E-state index contributed by atoms with van der Waals surface area (Å²) >= 11 is 0. The lowest BCUT2D eigenvalue weighted by Gasteiger charge is -2.26. The number of amides is 1. The number of methoxy groups -OCH3 is 1. The smallest absolute Gasteiger partial charge is 0.300 e. The molecule has 0 saturated carbocycles. The number of aliphatic hydroxyl groups excluding tert-OH is 1. The minimum absolute atomic E-state index is 0.00454. The van der Waals surface area contributed by atoms with E-state index in [2.05, 4.69) is 4.98 Å². The summed E-state index contributed by atoms with van der Waals surface area (Å²) in [6.07, 6.45) is 1.61. The predicted octanol–water partition coefficient (Wildman–Crippen LogP) is 5.18. The van der Waals surface area contributed by atoms with Crippen molar-refractivity contribution in [2.45, 2.75) is 13.0 Å². The molecule has 5 rings (SSSR count). The highest BCUT2D eigenvalue weighted by molar-refractivity contribution is 6.52. The van der Waals surface area contributed by atoms with E-state index >= 15 is 0 Å². The molecule has 1 amide bonds. The monoisotopic (exact) mass is 450 g/mol. The summed E-state index contributed by atoms with van der Waals surface area (Å²) < 4.78 is 5.26. The Morgan fingerprint density at radius 3 is 2.47 bits per heavy atom. The zero-order valence-corrected chi connectivity index (χ0v) is 18.7. The Labute approximate surface area is 196 Å². The van der Waals surface area contributed by atoms with Crippen molar-refractivity contribution in [3.8, 4) is 5.75 Å². The van der Waals surface area contributed by atoms with Gasteiger partial charge < -0.3 is 9.84 Å². The molecule has 1 fully saturated rings. The lowest BCUT2D eigenvalue weighted by molar-refractivity contribution is -0.132. The van der Waals surface area contributed by atoms with Crippen LogP contribution in [0.15, 0.2) is 90.6 Å². The van der Waals surface area contributed by atoms with Crippen LogP contribution in [-0.4, -0.2) is 28.9 Å². The zero-order valence-electron chi connectivity index (χ0n) is 18.7. The summed E-state index contributed by atoms with van der Waals surface area (Å²) in [5.74, 6) is -1.07. The number of carbonyl (C=O) groups is 2.